The van der Waals surface area contributed by atoms with Gasteiger partial charge in [-0.1, -0.05) is 32.0 Å². The molecule has 2 unspecified atom stereocenters. The second-order valence-corrected chi connectivity index (χ2v) is 17.0. The maximum Gasteiger partial charge on any atom is 0.192 e. The highest BCUT2D eigenvalue weighted by molar-refractivity contribution is 8.15. The monoisotopic (exact) mass is 533 g/mol. The van der Waals surface area contributed by atoms with E-state index in [0.29, 0.717) is 30.0 Å². The Morgan fingerprint density at radius 2 is 1.73 bits per heavy atom. The second kappa shape index (κ2) is 8.68. The van der Waals surface area contributed by atoms with Crippen LogP contribution in [0.25, 0.3) is 0 Å². The standard InChI is InChI=1S/C29H43NO6S/c1-20(31)24-12-13-25-23-11-10-21-18-29(32,17-16-27(21,2)26(23)14-15-28(24,25)3)37(35,19-36-4,30(33)34)22-8-6-5-7-9-22/h5-9,21,23-26,32H,10-19H2,1-4H3/t21?,23-,24+,25-,26-,27-,28+,29?/m0/s1. The van der Waals surface area contributed by atoms with E-state index in [0.717, 1.165) is 38.5 Å². The minimum Gasteiger partial charge on any atom is -0.373 e. The third-order valence-electron chi connectivity index (χ3n) is 11.8. The first-order valence-electron chi connectivity index (χ1n) is 13.9. The van der Waals surface area contributed by atoms with Crippen molar-refractivity contribution >= 4 is 15.0 Å². The molecule has 0 bridgehead atoms. The van der Waals surface area contributed by atoms with E-state index in [9.17, 15) is 20.0 Å². The van der Waals surface area contributed by atoms with E-state index in [-0.39, 0.29) is 40.4 Å². The van der Waals surface area contributed by atoms with E-state index < -0.39 is 24.5 Å². The average Bonchev–Trinajstić information content (AvgIpc) is 3.22. The zero-order valence-electron chi connectivity index (χ0n) is 22.7. The van der Waals surface area contributed by atoms with Crippen LogP contribution in [0.15, 0.2) is 35.2 Å². The lowest BCUT2D eigenvalue weighted by Crippen LogP contribution is -2.67. The van der Waals surface area contributed by atoms with E-state index in [1.165, 1.54) is 19.2 Å². The van der Waals surface area contributed by atoms with Gasteiger partial charge < -0.3 is 9.84 Å². The SMILES string of the molecule is COCS(=O)(c1ccccc1)([N+](=O)[O-])C1(O)CC[C@@]2(C)C(CC[C@H]3[C@@H]4CC[C@H](C(C)=O)[C@@]4(C)CC[C@@H]32)C1. The third-order valence-corrected chi connectivity index (χ3v) is 16.3. The number of ketones is 1. The minimum absolute atomic E-state index is 0.0480. The van der Waals surface area contributed by atoms with E-state index in [1.807, 2.05) is 0 Å². The van der Waals surface area contributed by atoms with Crippen molar-refractivity contribution in [3.63, 3.8) is 0 Å². The normalized spacial score (nSPS) is 42.5. The van der Waals surface area contributed by atoms with Gasteiger partial charge in [0.25, 0.3) is 0 Å². The summed E-state index contributed by atoms with van der Waals surface area (Å²) < 4.78 is 19.6. The molecular weight excluding hydrogens is 490 g/mol. The molecule has 0 aliphatic heterocycles. The molecule has 7 nitrogen and oxygen atoms in total. The molecule has 4 saturated carbocycles. The molecule has 1 aromatic carbocycles. The first kappa shape index (κ1) is 26.9. The second-order valence-electron chi connectivity index (χ2n) is 13.1. The van der Waals surface area contributed by atoms with Crippen molar-refractivity contribution in [1.82, 2.24) is 0 Å². The summed E-state index contributed by atoms with van der Waals surface area (Å²) in [5, 5.41) is 25.0. The molecule has 4 aliphatic carbocycles. The molecule has 37 heavy (non-hydrogen) atoms. The van der Waals surface area contributed by atoms with Crippen LogP contribution in [-0.4, -0.2) is 37.4 Å². The Morgan fingerprint density at radius 1 is 1.05 bits per heavy atom. The van der Waals surface area contributed by atoms with Crippen molar-refractivity contribution in [3.05, 3.63) is 40.4 Å². The van der Waals surface area contributed by atoms with Gasteiger partial charge in [-0.3, -0.25) is 4.79 Å². The molecule has 0 saturated heterocycles. The largest absolute Gasteiger partial charge is 0.373 e. The molecule has 0 aromatic heterocycles. The Hall–Kier alpha value is -1.64. The molecule has 8 atom stereocenters. The van der Waals surface area contributed by atoms with Gasteiger partial charge >= 0.3 is 0 Å². The highest BCUT2D eigenvalue weighted by Crippen LogP contribution is 2.69. The molecule has 4 aliphatic rings. The first-order valence-corrected chi connectivity index (χ1v) is 16.0. The Labute approximate surface area is 220 Å². The number of benzene rings is 1. The number of nitro groups is 1. The fraction of sp³-hybridized carbons (Fsp3) is 0.759. The van der Waals surface area contributed by atoms with Crippen molar-refractivity contribution in [2.75, 3.05) is 13.0 Å². The zero-order chi connectivity index (χ0) is 26.9. The minimum atomic E-state index is -5.09. The quantitative estimate of drug-likeness (QED) is 0.377. The number of hydrogen-bond acceptors (Lipinski definition) is 6. The highest BCUT2D eigenvalue weighted by Gasteiger charge is 2.71. The summed E-state index contributed by atoms with van der Waals surface area (Å²) in [6, 6.07) is 8.02. The van der Waals surface area contributed by atoms with Crippen LogP contribution in [-0.2, 0) is 18.8 Å². The maximum absolute atomic E-state index is 15.0. The van der Waals surface area contributed by atoms with Crippen LogP contribution in [0.1, 0.15) is 78.6 Å². The molecule has 0 spiro atoms. The van der Waals surface area contributed by atoms with Crippen molar-refractivity contribution in [2.24, 2.45) is 40.4 Å². The van der Waals surface area contributed by atoms with Gasteiger partial charge in [-0.05, 0) is 111 Å². The van der Waals surface area contributed by atoms with Crippen molar-refractivity contribution in [2.45, 2.75) is 88.4 Å². The van der Waals surface area contributed by atoms with Gasteiger partial charge in [0, 0.05) is 13.0 Å². The molecule has 5 rings (SSSR count). The Balaban J connectivity index is 1.50. The van der Waals surface area contributed by atoms with Gasteiger partial charge in [-0.15, -0.1) is 0 Å². The summed E-state index contributed by atoms with van der Waals surface area (Å²) in [6.45, 7) is 6.40. The van der Waals surface area contributed by atoms with Gasteiger partial charge in [0.2, 0.25) is 0 Å². The Bertz CT molecular complexity index is 1160. The number of hydrogen-bond donors (Lipinski definition) is 1. The van der Waals surface area contributed by atoms with Crippen LogP contribution < -0.4 is 0 Å². The molecule has 1 aromatic rings. The Kier molecular flexibility index (Phi) is 6.32. The number of fused-ring (bicyclic) bond motifs is 5. The number of ether oxygens (including phenoxy) is 1. The van der Waals surface area contributed by atoms with Crippen LogP contribution in [0, 0.1) is 50.5 Å². The molecular formula is C29H43NO6S. The predicted molar refractivity (Wildman–Crippen MR) is 143 cm³/mol. The van der Waals surface area contributed by atoms with E-state index in [1.54, 1.807) is 25.1 Å². The van der Waals surface area contributed by atoms with Gasteiger partial charge in [0.1, 0.15) is 10.1 Å². The molecule has 8 heteroatoms. The topological polar surface area (TPSA) is 107 Å². The highest BCUT2D eigenvalue weighted by atomic mass is 32.3. The summed E-state index contributed by atoms with van der Waals surface area (Å²) in [5.41, 5.74) is -0.000663. The van der Waals surface area contributed by atoms with Crippen LogP contribution in [0.4, 0.5) is 0 Å². The van der Waals surface area contributed by atoms with Crippen molar-refractivity contribution in [1.29, 1.82) is 0 Å². The van der Waals surface area contributed by atoms with E-state index >= 15 is 4.21 Å². The lowest BCUT2D eigenvalue weighted by atomic mass is 9.44. The van der Waals surface area contributed by atoms with Crippen LogP contribution in [0.5, 0.6) is 0 Å². The molecule has 1 N–H and O–H groups in total. The molecule has 0 amide bonds. The first-order chi connectivity index (χ1) is 17.4. The summed E-state index contributed by atoms with van der Waals surface area (Å²) >= 11 is 0. The van der Waals surface area contributed by atoms with Crippen LogP contribution in [0.3, 0.4) is 0 Å². The lowest BCUT2D eigenvalue weighted by Gasteiger charge is -2.63. The predicted octanol–water partition coefficient (Wildman–Crippen LogP) is 5.60. The number of nitrogens with zero attached hydrogens (tertiary/aromatic N) is 1. The molecule has 0 heterocycles. The average molecular weight is 534 g/mol. The summed E-state index contributed by atoms with van der Waals surface area (Å²) in [7, 11) is -3.77. The summed E-state index contributed by atoms with van der Waals surface area (Å²) in [6.07, 6.45) is 6.92. The fourth-order valence-electron chi connectivity index (χ4n) is 9.85. The lowest BCUT2D eigenvalue weighted by molar-refractivity contribution is -0.325. The van der Waals surface area contributed by atoms with Crippen molar-refractivity contribution in [3.8, 4) is 0 Å². The number of methoxy groups -OCH3 is 1. The number of Topliss-reactive ketones (excluding diaryl/α,β-unsaturated/α-hetero) is 1. The van der Waals surface area contributed by atoms with Gasteiger partial charge in [-0.25, -0.2) is 14.3 Å². The summed E-state index contributed by atoms with van der Waals surface area (Å²) in [5.74, 6) is 1.44. The maximum atomic E-state index is 15.0. The summed E-state index contributed by atoms with van der Waals surface area (Å²) in [4.78, 5) is 23.4. The zero-order valence-corrected chi connectivity index (χ0v) is 23.5. The third kappa shape index (κ3) is 3.37. The number of rotatable bonds is 6. The van der Waals surface area contributed by atoms with E-state index in [4.69, 9.17) is 4.74 Å². The number of carbonyl (C=O) groups excluding carboxylic acids is 1. The molecule has 0 radical (unpaired) electrons. The molecule has 4 fully saturated rings. The van der Waals surface area contributed by atoms with E-state index in [2.05, 4.69) is 13.8 Å². The Morgan fingerprint density at radius 3 is 2.35 bits per heavy atom. The van der Waals surface area contributed by atoms with Gasteiger partial charge in [0.15, 0.2) is 20.1 Å². The van der Waals surface area contributed by atoms with Gasteiger partial charge in [0.05, 0.1) is 4.90 Å². The van der Waals surface area contributed by atoms with Crippen molar-refractivity contribution < 1.29 is 23.2 Å². The van der Waals surface area contributed by atoms with Gasteiger partial charge in [-0.2, -0.15) is 0 Å². The number of carbonyl (C=O) groups is 1. The van der Waals surface area contributed by atoms with Crippen LogP contribution in [0.2, 0.25) is 0 Å². The number of aliphatic hydroxyl groups is 1. The molecule has 206 valence electrons. The smallest absolute Gasteiger partial charge is 0.192 e. The van der Waals surface area contributed by atoms with Crippen LogP contribution >= 0.6 is 0 Å². The fourth-order valence-corrected chi connectivity index (χ4v) is 13.4.